The number of carbonyl (C=O) groups excluding carboxylic acids is 1. The van der Waals surface area contributed by atoms with Crippen molar-refractivity contribution in [1.82, 2.24) is 10.6 Å². The van der Waals surface area contributed by atoms with Crippen LogP contribution in [0.2, 0.25) is 0 Å². The number of aliphatic carboxylic acids is 1. The smallest absolute Gasteiger partial charge is 0.315 e. The molecule has 0 saturated heterocycles. The zero-order chi connectivity index (χ0) is 15.6. The summed E-state index contributed by atoms with van der Waals surface area (Å²) in [5.74, 6) is 0.367. The molecule has 2 amide bonds. The minimum Gasteiger partial charge on any atom is -0.481 e. The second kappa shape index (κ2) is 6.02. The van der Waals surface area contributed by atoms with Crippen LogP contribution in [0.25, 0.3) is 0 Å². The van der Waals surface area contributed by atoms with Gasteiger partial charge < -0.3 is 15.7 Å². The molecule has 1 aliphatic rings. The molecule has 3 N–H and O–H groups in total. The lowest BCUT2D eigenvalue weighted by Gasteiger charge is -2.38. The highest BCUT2D eigenvalue weighted by Gasteiger charge is 2.44. The van der Waals surface area contributed by atoms with Crippen molar-refractivity contribution < 1.29 is 14.7 Å². The zero-order valence-corrected chi connectivity index (χ0v) is 13.2. The average molecular weight is 284 g/mol. The monoisotopic (exact) mass is 284 g/mol. The zero-order valence-electron chi connectivity index (χ0n) is 13.2. The fraction of sp³-hybridized carbons (Fsp3) is 0.867. The minimum absolute atomic E-state index is 0.288. The average Bonchev–Trinajstić information content (AvgIpc) is 2.71. The van der Waals surface area contributed by atoms with Gasteiger partial charge in [0.2, 0.25) is 0 Å². The molecule has 1 saturated carbocycles. The van der Waals surface area contributed by atoms with Gasteiger partial charge in [-0.25, -0.2) is 4.79 Å². The Bertz CT molecular complexity index is 377. The number of hydrogen-bond donors (Lipinski definition) is 3. The standard InChI is InChI=1S/C15H28N2O3/c1-10-6-7-11(8-10)9-16-13(20)17-15(4,5)14(2,3)12(18)19/h10-11H,6-9H2,1-5H3,(H,18,19)(H2,16,17,20). The molecule has 20 heavy (non-hydrogen) atoms. The maximum Gasteiger partial charge on any atom is 0.315 e. The van der Waals surface area contributed by atoms with Gasteiger partial charge in [0, 0.05) is 6.54 Å². The highest BCUT2D eigenvalue weighted by atomic mass is 16.4. The molecule has 0 radical (unpaired) electrons. The van der Waals surface area contributed by atoms with E-state index in [2.05, 4.69) is 17.6 Å². The largest absolute Gasteiger partial charge is 0.481 e. The van der Waals surface area contributed by atoms with Crippen LogP contribution in [-0.2, 0) is 4.79 Å². The van der Waals surface area contributed by atoms with E-state index in [0.29, 0.717) is 12.5 Å². The van der Waals surface area contributed by atoms with E-state index in [1.165, 1.54) is 6.42 Å². The Morgan fingerprint density at radius 2 is 1.80 bits per heavy atom. The van der Waals surface area contributed by atoms with E-state index in [9.17, 15) is 14.7 Å². The van der Waals surface area contributed by atoms with Crippen molar-refractivity contribution in [1.29, 1.82) is 0 Å². The molecule has 2 atom stereocenters. The van der Waals surface area contributed by atoms with Crippen molar-refractivity contribution >= 4 is 12.0 Å². The molecule has 0 aromatic carbocycles. The molecule has 5 nitrogen and oxygen atoms in total. The molecule has 0 aromatic heterocycles. The Hall–Kier alpha value is -1.26. The summed E-state index contributed by atoms with van der Waals surface area (Å²) in [4.78, 5) is 23.2. The number of hydrogen-bond acceptors (Lipinski definition) is 2. The SMILES string of the molecule is CC1CCC(CNC(=O)NC(C)(C)C(C)(C)C(=O)O)C1. The number of rotatable bonds is 5. The van der Waals surface area contributed by atoms with Crippen LogP contribution in [0.1, 0.15) is 53.9 Å². The molecule has 5 heteroatoms. The van der Waals surface area contributed by atoms with Crippen molar-refractivity contribution in [2.45, 2.75) is 59.4 Å². The summed E-state index contributed by atoms with van der Waals surface area (Å²) in [6.45, 7) is 9.61. The minimum atomic E-state index is -1.04. The van der Waals surface area contributed by atoms with Crippen LogP contribution in [0, 0.1) is 17.3 Å². The first-order valence-electron chi connectivity index (χ1n) is 7.35. The summed E-state index contributed by atoms with van der Waals surface area (Å²) in [5.41, 5.74) is -1.86. The van der Waals surface area contributed by atoms with Crippen LogP contribution in [0.5, 0.6) is 0 Å². The second-order valence-electron chi connectivity index (χ2n) is 7.17. The van der Waals surface area contributed by atoms with Gasteiger partial charge in [0.25, 0.3) is 0 Å². The Labute approximate surface area is 121 Å². The van der Waals surface area contributed by atoms with E-state index in [0.717, 1.165) is 18.8 Å². The van der Waals surface area contributed by atoms with Crippen molar-refractivity contribution in [3.05, 3.63) is 0 Å². The van der Waals surface area contributed by atoms with Gasteiger partial charge in [-0.05, 0) is 52.4 Å². The highest BCUT2D eigenvalue weighted by molar-refractivity contribution is 5.79. The Morgan fingerprint density at radius 3 is 2.25 bits per heavy atom. The molecule has 0 bridgehead atoms. The molecule has 0 spiro atoms. The fourth-order valence-corrected chi connectivity index (χ4v) is 2.50. The van der Waals surface area contributed by atoms with Crippen LogP contribution in [-0.4, -0.2) is 29.2 Å². The van der Waals surface area contributed by atoms with Crippen molar-refractivity contribution in [2.24, 2.45) is 17.3 Å². The third-order valence-corrected chi connectivity index (χ3v) is 4.88. The predicted molar refractivity (Wildman–Crippen MR) is 78.5 cm³/mol. The molecular formula is C15H28N2O3. The van der Waals surface area contributed by atoms with Crippen LogP contribution in [0.15, 0.2) is 0 Å². The Balaban J connectivity index is 2.47. The molecule has 1 aliphatic carbocycles. The number of nitrogens with one attached hydrogen (secondary N) is 2. The lowest BCUT2D eigenvalue weighted by molar-refractivity contribution is -0.150. The van der Waals surface area contributed by atoms with E-state index < -0.39 is 16.9 Å². The Kier molecular flexibility index (Phi) is 5.05. The van der Waals surface area contributed by atoms with Gasteiger partial charge in [-0.2, -0.15) is 0 Å². The first-order chi connectivity index (χ1) is 9.06. The van der Waals surface area contributed by atoms with Gasteiger partial charge in [-0.3, -0.25) is 4.79 Å². The number of carboxylic acid groups (broad SMARTS) is 1. The molecule has 0 aliphatic heterocycles. The lowest BCUT2D eigenvalue weighted by Crippen LogP contribution is -2.59. The molecule has 1 fully saturated rings. The van der Waals surface area contributed by atoms with E-state index >= 15 is 0 Å². The van der Waals surface area contributed by atoms with E-state index in [1.807, 2.05) is 0 Å². The first kappa shape index (κ1) is 16.8. The fourth-order valence-electron chi connectivity index (χ4n) is 2.50. The van der Waals surface area contributed by atoms with Crippen LogP contribution < -0.4 is 10.6 Å². The van der Waals surface area contributed by atoms with Crippen LogP contribution in [0.4, 0.5) is 4.79 Å². The molecule has 0 aromatic rings. The molecule has 116 valence electrons. The summed E-state index contributed by atoms with van der Waals surface area (Å²) in [6, 6.07) is -0.288. The normalized spacial score (nSPS) is 23.4. The van der Waals surface area contributed by atoms with Gasteiger partial charge in [-0.15, -0.1) is 0 Å². The molecule has 0 heterocycles. The quantitative estimate of drug-likeness (QED) is 0.726. The van der Waals surface area contributed by atoms with Gasteiger partial charge in [0.15, 0.2) is 0 Å². The van der Waals surface area contributed by atoms with Gasteiger partial charge in [0.1, 0.15) is 0 Å². The predicted octanol–water partition coefficient (Wildman–Crippen LogP) is 2.61. The number of amides is 2. The maximum atomic E-state index is 12.0. The topological polar surface area (TPSA) is 78.4 Å². The van der Waals surface area contributed by atoms with E-state index in [4.69, 9.17) is 0 Å². The summed E-state index contributed by atoms with van der Waals surface area (Å²) < 4.78 is 0. The third kappa shape index (κ3) is 3.87. The number of carboxylic acids is 1. The van der Waals surface area contributed by atoms with E-state index in [-0.39, 0.29) is 6.03 Å². The van der Waals surface area contributed by atoms with Crippen LogP contribution >= 0.6 is 0 Å². The summed E-state index contributed by atoms with van der Waals surface area (Å²) >= 11 is 0. The lowest BCUT2D eigenvalue weighted by atomic mass is 9.74. The molecule has 2 unspecified atom stereocenters. The number of urea groups is 1. The first-order valence-corrected chi connectivity index (χ1v) is 7.35. The Morgan fingerprint density at radius 1 is 1.20 bits per heavy atom. The van der Waals surface area contributed by atoms with Crippen molar-refractivity contribution in [3.63, 3.8) is 0 Å². The number of carbonyl (C=O) groups is 2. The summed E-state index contributed by atoms with van der Waals surface area (Å²) in [7, 11) is 0. The van der Waals surface area contributed by atoms with Crippen molar-refractivity contribution in [3.8, 4) is 0 Å². The maximum absolute atomic E-state index is 12.0. The van der Waals surface area contributed by atoms with Gasteiger partial charge in [0.05, 0.1) is 11.0 Å². The van der Waals surface area contributed by atoms with Crippen molar-refractivity contribution in [2.75, 3.05) is 6.54 Å². The highest BCUT2D eigenvalue weighted by Crippen LogP contribution is 2.31. The summed E-state index contributed by atoms with van der Waals surface area (Å²) in [6.07, 6.45) is 3.54. The summed E-state index contributed by atoms with van der Waals surface area (Å²) in [5, 5.41) is 14.9. The van der Waals surface area contributed by atoms with Crippen LogP contribution in [0.3, 0.4) is 0 Å². The third-order valence-electron chi connectivity index (χ3n) is 4.88. The van der Waals surface area contributed by atoms with E-state index in [1.54, 1.807) is 27.7 Å². The molecular weight excluding hydrogens is 256 g/mol. The van der Waals surface area contributed by atoms with Gasteiger partial charge >= 0.3 is 12.0 Å². The molecule has 1 rings (SSSR count). The van der Waals surface area contributed by atoms with Gasteiger partial charge in [-0.1, -0.05) is 13.3 Å². The second-order valence-corrected chi connectivity index (χ2v) is 7.17.